The third-order valence-corrected chi connectivity index (χ3v) is 7.16. The minimum atomic E-state index is -0.481. The van der Waals surface area contributed by atoms with Crippen molar-refractivity contribution in [1.82, 2.24) is 5.32 Å². The zero-order chi connectivity index (χ0) is 19.2. The summed E-state index contributed by atoms with van der Waals surface area (Å²) in [5.74, 6) is 0.495. The SMILES string of the molecule is C[C@@H](NC(=O)COC(=O)C12C[C@@H]3C[C@@H](CC(Cl)(C3)C1)C2)c1cccc(Cl)c1. The molecule has 0 spiro atoms. The molecule has 0 aliphatic heterocycles. The van der Waals surface area contributed by atoms with E-state index >= 15 is 0 Å². The second-order valence-electron chi connectivity index (χ2n) is 8.81. The summed E-state index contributed by atoms with van der Waals surface area (Å²) in [6.07, 6.45) is 5.61. The van der Waals surface area contributed by atoms with Crippen LogP contribution in [0.4, 0.5) is 0 Å². The Morgan fingerprint density at radius 1 is 1.26 bits per heavy atom. The van der Waals surface area contributed by atoms with Crippen molar-refractivity contribution in [2.75, 3.05) is 6.61 Å². The van der Waals surface area contributed by atoms with Crippen molar-refractivity contribution in [1.29, 1.82) is 0 Å². The van der Waals surface area contributed by atoms with Gasteiger partial charge in [-0.25, -0.2) is 0 Å². The average Bonchev–Trinajstić information content (AvgIpc) is 2.57. The maximum absolute atomic E-state index is 12.9. The highest BCUT2D eigenvalue weighted by atomic mass is 35.5. The Kier molecular flexibility index (Phi) is 4.92. The normalized spacial score (nSPS) is 34.9. The molecule has 146 valence electrons. The van der Waals surface area contributed by atoms with Crippen molar-refractivity contribution in [3.63, 3.8) is 0 Å². The number of alkyl halides is 1. The second-order valence-corrected chi connectivity index (χ2v) is 10.1. The number of benzene rings is 1. The molecule has 4 aliphatic rings. The summed E-state index contributed by atoms with van der Waals surface area (Å²) in [5, 5.41) is 3.48. The first-order valence-corrected chi connectivity index (χ1v) is 10.4. The Morgan fingerprint density at radius 3 is 2.59 bits per heavy atom. The minimum absolute atomic E-state index is 0.208. The van der Waals surface area contributed by atoms with Gasteiger partial charge in [-0.1, -0.05) is 23.7 Å². The third kappa shape index (κ3) is 3.84. The Hall–Kier alpha value is -1.26. The maximum atomic E-state index is 12.9. The largest absolute Gasteiger partial charge is 0.455 e. The summed E-state index contributed by atoms with van der Waals surface area (Å²) >= 11 is 12.8. The zero-order valence-corrected chi connectivity index (χ0v) is 17.0. The van der Waals surface area contributed by atoms with Gasteiger partial charge in [0.15, 0.2) is 6.61 Å². The second kappa shape index (κ2) is 6.97. The van der Waals surface area contributed by atoms with Gasteiger partial charge < -0.3 is 10.1 Å². The molecule has 1 amide bonds. The highest BCUT2D eigenvalue weighted by Gasteiger charge is 2.60. The van der Waals surface area contributed by atoms with E-state index in [0.29, 0.717) is 23.3 Å². The van der Waals surface area contributed by atoms with E-state index < -0.39 is 5.41 Å². The predicted molar refractivity (Wildman–Crippen MR) is 105 cm³/mol. The monoisotopic (exact) mass is 409 g/mol. The topological polar surface area (TPSA) is 55.4 Å². The molecule has 0 heterocycles. The molecule has 4 bridgehead atoms. The molecule has 1 aromatic carbocycles. The molecule has 0 aromatic heterocycles. The van der Waals surface area contributed by atoms with Crippen LogP contribution in [0.2, 0.25) is 5.02 Å². The molecule has 6 heteroatoms. The quantitative estimate of drug-likeness (QED) is 0.569. The van der Waals surface area contributed by atoms with Crippen LogP contribution in [0.3, 0.4) is 0 Å². The smallest absolute Gasteiger partial charge is 0.312 e. The van der Waals surface area contributed by atoms with E-state index in [4.69, 9.17) is 27.9 Å². The molecule has 5 rings (SSSR count). The summed E-state index contributed by atoms with van der Waals surface area (Å²) in [7, 11) is 0. The molecule has 1 aromatic rings. The molecule has 0 radical (unpaired) electrons. The molecule has 4 nitrogen and oxygen atoms in total. The number of rotatable bonds is 5. The van der Waals surface area contributed by atoms with Crippen LogP contribution in [0.5, 0.6) is 0 Å². The van der Waals surface area contributed by atoms with Crippen molar-refractivity contribution in [2.24, 2.45) is 17.3 Å². The lowest BCUT2D eigenvalue weighted by Crippen LogP contribution is -2.56. The van der Waals surface area contributed by atoms with Gasteiger partial charge >= 0.3 is 5.97 Å². The number of esters is 1. The number of ether oxygens (including phenoxy) is 1. The van der Waals surface area contributed by atoms with Crippen LogP contribution in [0.1, 0.15) is 57.1 Å². The summed E-state index contributed by atoms with van der Waals surface area (Å²) < 4.78 is 5.46. The lowest BCUT2D eigenvalue weighted by Gasteiger charge is -2.58. The highest BCUT2D eigenvalue weighted by Crippen LogP contribution is 2.64. The van der Waals surface area contributed by atoms with Crippen molar-refractivity contribution in [2.45, 2.75) is 56.4 Å². The third-order valence-electron chi connectivity index (χ3n) is 6.48. The van der Waals surface area contributed by atoms with E-state index in [0.717, 1.165) is 31.2 Å². The fourth-order valence-electron chi connectivity index (χ4n) is 5.82. The summed E-state index contributed by atoms with van der Waals surface area (Å²) in [6.45, 7) is 1.62. The van der Waals surface area contributed by atoms with Crippen LogP contribution in [0, 0.1) is 17.3 Å². The fraction of sp³-hybridized carbons (Fsp3) is 0.619. The van der Waals surface area contributed by atoms with E-state index in [9.17, 15) is 9.59 Å². The highest BCUT2D eigenvalue weighted by molar-refractivity contribution is 6.30. The number of halogens is 2. The molecular weight excluding hydrogens is 385 g/mol. The number of amides is 1. The maximum Gasteiger partial charge on any atom is 0.312 e. The molecule has 0 saturated heterocycles. The lowest BCUT2D eigenvalue weighted by molar-refractivity contribution is -0.171. The van der Waals surface area contributed by atoms with Gasteiger partial charge in [-0.05, 0) is 75.0 Å². The Labute approximate surface area is 169 Å². The summed E-state index contributed by atoms with van der Waals surface area (Å²) in [5.41, 5.74) is 0.428. The van der Waals surface area contributed by atoms with Gasteiger partial charge in [0, 0.05) is 9.90 Å². The molecular formula is C21H25Cl2NO3. The van der Waals surface area contributed by atoms with Crippen molar-refractivity contribution < 1.29 is 14.3 Å². The predicted octanol–water partition coefficient (Wildman–Crippen LogP) is 4.64. The van der Waals surface area contributed by atoms with Gasteiger partial charge in [-0.2, -0.15) is 0 Å². The Bertz CT molecular complexity index is 752. The van der Waals surface area contributed by atoms with Gasteiger partial charge in [-0.3, -0.25) is 9.59 Å². The number of nitrogens with one attached hydrogen (secondary N) is 1. The van der Waals surface area contributed by atoms with Crippen LogP contribution >= 0.6 is 23.2 Å². The van der Waals surface area contributed by atoms with Crippen molar-refractivity contribution in [3.05, 3.63) is 34.9 Å². The van der Waals surface area contributed by atoms with Gasteiger partial charge in [0.05, 0.1) is 11.5 Å². The molecule has 5 atom stereocenters. The summed E-state index contributed by atoms with van der Waals surface area (Å²) in [6, 6.07) is 7.14. The standard InChI is InChI=1S/C21H25Cl2NO3/c1-13(16-3-2-4-17(22)6-16)24-18(25)11-27-19(26)20-7-14-5-15(8-20)10-21(23,9-14)12-20/h2-4,6,13-15H,5,7-12H2,1H3,(H,24,25)/t13-,14-,15+,20?,21?/m1/s1. The zero-order valence-electron chi connectivity index (χ0n) is 15.5. The van der Waals surface area contributed by atoms with E-state index in [-0.39, 0.29) is 29.4 Å². The fourth-order valence-corrected chi connectivity index (χ4v) is 6.71. The Balaban J connectivity index is 1.33. The van der Waals surface area contributed by atoms with Crippen LogP contribution in [0.25, 0.3) is 0 Å². The molecule has 4 fully saturated rings. The number of hydrogen-bond donors (Lipinski definition) is 1. The van der Waals surface area contributed by atoms with E-state index in [2.05, 4.69) is 5.32 Å². The number of carbonyl (C=O) groups excluding carboxylic acids is 2. The van der Waals surface area contributed by atoms with E-state index in [1.54, 1.807) is 6.07 Å². The van der Waals surface area contributed by atoms with Crippen LogP contribution in [-0.4, -0.2) is 23.4 Å². The van der Waals surface area contributed by atoms with Crippen LogP contribution in [-0.2, 0) is 14.3 Å². The Morgan fingerprint density at radius 2 is 1.96 bits per heavy atom. The van der Waals surface area contributed by atoms with Gasteiger partial charge in [0.25, 0.3) is 5.91 Å². The number of hydrogen-bond acceptors (Lipinski definition) is 3. The van der Waals surface area contributed by atoms with Crippen molar-refractivity contribution >= 4 is 35.1 Å². The number of carbonyl (C=O) groups is 2. The van der Waals surface area contributed by atoms with Gasteiger partial charge in [0.2, 0.25) is 0 Å². The minimum Gasteiger partial charge on any atom is -0.455 e. The van der Waals surface area contributed by atoms with E-state index in [1.165, 1.54) is 6.42 Å². The molecule has 27 heavy (non-hydrogen) atoms. The average molecular weight is 410 g/mol. The molecule has 4 saturated carbocycles. The molecule has 1 N–H and O–H groups in total. The van der Waals surface area contributed by atoms with Gasteiger partial charge in [-0.15, -0.1) is 11.6 Å². The molecule has 4 aliphatic carbocycles. The molecule has 2 unspecified atom stereocenters. The first-order valence-electron chi connectivity index (χ1n) is 9.68. The van der Waals surface area contributed by atoms with Crippen LogP contribution in [0.15, 0.2) is 24.3 Å². The first-order chi connectivity index (χ1) is 12.8. The summed E-state index contributed by atoms with van der Waals surface area (Å²) in [4.78, 5) is 24.9. The van der Waals surface area contributed by atoms with Crippen molar-refractivity contribution in [3.8, 4) is 0 Å². The lowest BCUT2D eigenvalue weighted by atomic mass is 9.49. The first kappa shape index (κ1) is 19.1. The van der Waals surface area contributed by atoms with Crippen LogP contribution < -0.4 is 5.32 Å². The van der Waals surface area contributed by atoms with Gasteiger partial charge in [0.1, 0.15) is 0 Å². The van der Waals surface area contributed by atoms with E-state index in [1.807, 2.05) is 25.1 Å².